The molecule has 1 aliphatic carbocycles. The van der Waals surface area contributed by atoms with E-state index < -0.39 is 11.4 Å². The summed E-state index contributed by atoms with van der Waals surface area (Å²) in [5.41, 5.74) is 0.373. The second-order valence-electron chi connectivity index (χ2n) is 5.22. The second-order valence-corrected chi connectivity index (χ2v) is 5.66. The van der Waals surface area contributed by atoms with Gasteiger partial charge in [0.05, 0.1) is 18.6 Å². The predicted molar refractivity (Wildman–Crippen MR) is 63.3 cm³/mol. The average molecular weight is 253 g/mol. The van der Waals surface area contributed by atoms with Gasteiger partial charge < -0.3 is 9.84 Å². The number of ether oxygens (including phenoxy) is 1. The molecule has 2 heterocycles. The van der Waals surface area contributed by atoms with Gasteiger partial charge >= 0.3 is 5.97 Å². The van der Waals surface area contributed by atoms with Crippen LogP contribution in [0, 0.1) is 5.41 Å². The van der Waals surface area contributed by atoms with Gasteiger partial charge in [0.1, 0.15) is 0 Å². The van der Waals surface area contributed by atoms with Crippen LogP contribution in [0.15, 0.2) is 24.3 Å². The van der Waals surface area contributed by atoms with Crippen LogP contribution in [-0.4, -0.2) is 24.3 Å². The van der Waals surface area contributed by atoms with Gasteiger partial charge in [0, 0.05) is 10.4 Å². The smallest absolute Gasteiger partial charge is 0.312 e. The summed E-state index contributed by atoms with van der Waals surface area (Å²) < 4.78 is 5.47. The van der Waals surface area contributed by atoms with Gasteiger partial charge in [-0.05, 0) is 30.5 Å². The van der Waals surface area contributed by atoms with E-state index in [-0.39, 0.29) is 5.41 Å². The summed E-state index contributed by atoms with van der Waals surface area (Å²) in [5.74, 6) is -0.734. The van der Waals surface area contributed by atoms with Crippen molar-refractivity contribution in [3.8, 4) is 0 Å². The number of benzene rings is 1. The number of carbonyl (C=O) groups is 1. The van der Waals surface area contributed by atoms with Crippen molar-refractivity contribution in [2.75, 3.05) is 13.2 Å². The second kappa shape index (κ2) is 3.47. The zero-order valence-electron chi connectivity index (χ0n) is 9.28. The Hall–Kier alpha value is -1.06. The molecule has 0 atom stereocenters. The lowest BCUT2D eigenvalue weighted by Crippen LogP contribution is -2.62. The molecule has 1 saturated carbocycles. The van der Waals surface area contributed by atoms with E-state index in [0.717, 1.165) is 5.56 Å². The summed E-state index contributed by atoms with van der Waals surface area (Å²) in [6.45, 7) is 0.960. The minimum Gasteiger partial charge on any atom is -0.481 e. The Kier molecular flexibility index (Phi) is 2.25. The molecule has 3 aliphatic rings. The Labute approximate surface area is 104 Å². The van der Waals surface area contributed by atoms with Crippen LogP contribution in [0.4, 0.5) is 0 Å². The molecule has 2 saturated heterocycles. The number of carboxylic acid groups (broad SMARTS) is 1. The SMILES string of the molecule is O=C(O)C12COCC(c3ccc(Cl)cc3)(C1)C2. The first-order valence-electron chi connectivity index (χ1n) is 5.64. The third-order valence-electron chi connectivity index (χ3n) is 4.02. The van der Waals surface area contributed by atoms with E-state index in [4.69, 9.17) is 16.3 Å². The number of carboxylic acids is 1. The Morgan fingerprint density at radius 3 is 2.47 bits per heavy atom. The molecule has 3 nitrogen and oxygen atoms in total. The van der Waals surface area contributed by atoms with Crippen molar-refractivity contribution in [2.45, 2.75) is 18.3 Å². The lowest BCUT2D eigenvalue weighted by atomic mass is 9.49. The summed E-state index contributed by atoms with van der Waals surface area (Å²) in [6, 6.07) is 7.65. The topological polar surface area (TPSA) is 46.5 Å². The van der Waals surface area contributed by atoms with E-state index in [1.54, 1.807) is 0 Å². The standard InChI is InChI=1S/C13H13ClO3/c14-10-3-1-9(2-4-10)12-5-13(6-12,11(15)16)8-17-7-12/h1-4H,5-8H2,(H,15,16). The highest BCUT2D eigenvalue weighted by Crippen LogP contribution is 2.59. The van der Waals surface area contributed by atoms with Crippen LogP contribution in [0.5, 0.6) is 0 Å². The molecule has 3 fully saturated rings. The maximum atomic E-state index is 11.2. The molecule has 2 bridgehead atoms. The molecule has 1 aromatic carbocycles. The van der Waals surface area contributed by atoms with E-state index in [1.165, 1.54) is 0 Å². The molecule has 4 heteroatoms. The van der Waals surface area contributed by atoms with Gasteiger partial charge in [-0.25, -0.2) is 0 Å². The van der Waals surface area contributed by atoms with Crippen molar-refractivity contribution in [3.63, 3.8) is 0 Å². The van der Waals surface area contributed by atoms with Crippen LogP contribution in [0.2, 0.25) is 5.02 Å². The molecule has 4 rings (SSSR count). The Morgan fingerprint density at radius 1 is 1.24 bits per heavy atom. The normalized spacial score (nSPS) is 35.1. The number of rotatable bonds is 2. The molecule has 90 valence electrons. The zero-order valence-corrected chi connectivity index (χ0v) is 10.0. The quantitative estimate of drug-likeness (QED) is 0.880. The molecule has 17 heavy (non-hydrogen) atoms. The molecule has 0 aromatic heterocycles. The fraction of sp³-hybridized carbons (Fsp3) is 0.462. The lowest BCUT2D eigenvalue weighted by Gasteiger charge is -2.58. The fourth-order valence-corrected chi connectivity index (χ4v) is 3.32. The van der Waals surface area contributed by atoms with Gasteiger partial charge in [-0.2, -0.15) is 0 Å². The highest BCUT2D eigenvalue weighted by molar-refractivity contribution is 6.30. The number of fused-ring (bicyclic) bond motifs is 2. The predicted octanol–water partition coefficient (Wildman–Crippen LogP) is 2.47. The number of halogens is 1. The monoisotopic (exact) mass is 252 g/mol. The minimum absolute atomic E-state index is 0.110. The van der Waals surface area contributed by atoms with Gasteiger partial charge in [-0.15, -0.1) is 0 Å². The third-order valence-corrected chi connectivity index (χ3v) is 4.27. The lowest BCUT2D eigenvalue weighted by molar-refractivity contribution is -0.192. The van der Waals surface area contributed by atoms with Crippen LogP contribution in [0.3, 0.4) is 0 Å². The summed E-state index contributed by atoms with van der Waals surface area (Å²) in [7, 11) is 0. The van der Waals surface area contributed by atoms with E-state index in [0.29, 0.717) is 31.1 Å². The minimum atomic E-state index is -0.734. The maximum Gasteiger partial charge on any atom is 0.312 e. The molecular weight excluding hydrogens is 240 g/mol. The van der Waals surface area contributed by atoms with E-state index in [1.807, 2.05) is 24.3 Å². The van der Waals surface area contributed by atoms with Crippen molar-refractivity contribution in [1.29, 1.82) is 0 Å². The van der Waals surface area contributed by atoms with Crippen molar-refractivity contribution in [3.05, 3.63) is 34.9 Å². The highest BCUT2D eigenvalue weighted by Gasteiger charge is 2.63. The first kappa shape index (κ1) is 11.1. The summed E-state index contributed by atoms with van der Waals surface area (Å²) in [6.07, 6.45) is 1.36. The van der Waals surface area contributed by atoms with Crippen LogP contribution in [0.1, 0.15) is 18.4 Å². The van der Waals surface area contributed by atoms with E-state index in [9.17, 15) is 9.90 Å². The van der Waals surface area contributed by atoms with Crippen LogP contribution in [-0.2, 0) is 14.9 Å². The molecule has 0 radical (unpaired) electrons. The Morgan fingerprint density at radius 2 is 1.88 bits per heavy atom. The van der Waals surface area contributed by atoms with E-state index in [2.05, 4.69) is 0 Å². The number of hydrogen-bond acceptors (Lipinski definition) is 2. The summed E-state index contributed by atoms with van der Waals surface area (Å²) in [4.78, 5) is 11.2. The molecule has 0 amide bonds. The molecular formula is C13H13ClO3. The first-order valence-corrected chi connectivity index (χ1v) is 6.01. The number of hydrogen-bond donors (Lipinski definition) is 1. The van der Waals surface area contributed by atoms with Gasteiger partial charge in [-0.3, -0.25) is 4.79 Å². The average Bonchev–Trinajstić information content (AvgIpc) is 2.29. The molecule has 0 unspecified atom stereocenters. The van der Waals surface area contributed by atoms with E-state index >= 15 is 0 Å². The van der Waals surface area contributed by atoms with Crippen molar-refractivity contribution < 1.29 is 14.6 Å². The van der Waals surface area contributed by atoms with Crippen molar-refractivity contribution >= 4 is 17.6 Å². The molecule has 2 aliphatic heterocycles. The van der Waals surface area contributed by atoms with Crippen molar-refractivity contribution in [1.82, 2.24) is 0 Å². The third kappa shape index (κ3) is 1.49. The van der Waals surface area contributed by atoms with Gasteiger partial charge in [0.15, 0.2) is 0 Å². The van der Waals surface area contributed by atoms with Crippen molar-refractivity contribution in [2.24, 2.45) is 5.41 Å². The summed E-state index contributed by atoms with van der Waals surface area (Å²) >= 11 is 5.86. The van der Waals surface area contributed by atoms with Crippen LogP contribution < -0.4 is 0 Å². The van der Waals surface area contributed by atoms with Crippen LogP contribution in [0.25, 0.3) is 0 Å². The highest BCUT2D eigenvalue weighted by atomic mass is 35.5. The van der Waals surface area contributed by atoms with Gasteiger partial charge in [0.2, 0.25) is 0 Å². The molecule has 0 spiro atoms. The Bertz CT molecular complexity index is 460. The molecule has 1 aromatic rings. The number of aliphatic carboxylic acids is 1. The van der Waals surface area contributed by atoms with Crippen LogP contribution >= 0.6 is 11.6 Å². The largest absolute Gasteiger partial charge is 0.481 e. The molecule has 1 N–H and O–H groups in total. The summed E-state index contributed by atoms with van der Waals surface area (Å²) in [5, 5.41) is 9.94. The van der Waals surface area contributed by atoms with Gasteiger partial charge in [0.25, 0.3) is 0 Å². The Balaban J connectivity index is 1.90. The maximum absolute atomic E-state index is 11.2. The zero-order chi connectivity index (χ0) is 12.1. The first-order chi connectivity index (χ1) is 8.06. The fourth-order valence-electron chi connectivity index (χ4n) is 3.19. The van der Waals surface area contributed by atoms with Gasteiger partial charge in [-0.1, -0.05) is 23.7 Å².